The Morgan fingerprint density at radius 2 is 0.638 bits per heavy atom. The van der Waals surface area contributed by atoms with Gasteiger partial charge in [0.2, 0.25) is 0 Å². The Balaban J connectivity index is 1.07. The van der Waals surface area contributed by atoms with Crippen LogP contribution in [0.1, 0.15) is 34.1 Å². The van der Waals surface area contributed by atoms with Crippen LogP contribution in [0.25, 0.3) is 0 Å². The largest absolute Gasteiger partial charge is 0.491 e. The molecule has 0 bridgehead atoms. The van der Waals surface area contributed by atoms with E-state index in [1.54, 1.807) is 23.5 Å². The van der Waals surface area contributed by atoms with E-state index in [0.29, 0.717) is 46.0 Å². The number of amides is 2. The minimum absolute atomic E-state index is 0.0227. The lowest BCUT2D eigenvalue weighted by Crippen LogP contribution is -2.35. The number of hydrogen-bond donors (Lipinski definition) is 4. The van der Waals surface area contributed by atoms with Crippen molar-refractivity contribution in [3.63, 3.8) is 0 Å². The smallest absolute Gasteiger partial charge is 0.407 e. The third-order valence-corrected chi connectivity index (χ3v) is 18.5. The summed E-state index contributed by atoms with van der Waals surface area (Å²) in [4.78, 5) is 53.4. The highest BCUT2D eigenvalue weighted by atomic mass is 32.2. The molecule has 0 spiro atoms. The van der Waals surface area contributed by atoms with Crippen molar-refractivity contribution in [2.24, 2.45) is 0 Å². The van der Waals surface area contributed by atoms with Crippen LogP contribution >= 0.6 is 47.0 Å². The fourth-order valence-corrected chi connectivity index (χ4v) is 12.7. The van der Waals surface area contributed by atoms with Crippen LogP contribution in [0.4, 0.5) is 9.59 Å². The predicted molar refractivity (Wildman–Crippen MR) is 371 cm³/mol. The van der Waals surface area contributed by atoms with Gasteiger partial charge in [-0.15, -0.1) is 47.0 Å². The van der Waals surface area contributed by atoms with Crippen LogP contribution in [-0.4, -0.2) is 134 Å². The standard InChI is InChI=1S/C74H76N2O14S4/c1-3-69(79)83-43-41-75-73(81)89-63(51-93-67-21-13-7-14-22-67)47-87-61-37-29-55(30-38-61)72(56-31-39-62(40-32-56)88-48-64(52-94-68-23-15-8-16-24-68)90-74(82)76-42-44-84-70(80)4-2)71(53-25-33-59(34-26-53)85-45-57(77)49-91-65-17-9-5-10-18-65)54-27-35-60(36-28-54)86-46-58(78)50-92-66-19-11-6-12-20-66/h3-40,57-58,63-64,71-72,77-78H,1-2,41-52H2,(H,75,81)(H,76,82). The summed E-state index contributed by atoms with van der Waals surface area (Å²) in [5.41, 5.74) is 3.73. The predicted octanol–water partition coefficient (Wildman–Crippen LogP) is 13.7. The van der Waals surface area contributed by atoms with E-state index in [0.717, 1.165) is 54.0 Å². The van der Waals surface area contributed by atoms with Gasteiger partial charge in [0.05, 0.1) is 25.3 Å². The molecule has 8 aromatic carbocycles. The molecule has 490 valence electrons. The minimum atomic E-state index is -0.721. The first kappa shape index (κ1) is 71.1. The van der Waals surface area contributed by atoms with E-state index in [9.17, 15) is 29.4 Å². The maximum atomic E-state index is 13.1. The van der Waals surface area contributed by atoms with Crippen molar-refractivity contribution in [1.82, 2.24) is 10.6 Å². The number of thioether (sulfide) groups is 4. The molecule has 0 heterocycles. The summed E-state index contributed by atoms with van der Waals surface area (Å²) in [5.74, 6) is 1.97. The van der Waals surface area contributed by atoms with Gasteiger partial charge in [-0.05, 0) is 119 Å². The summed E-state index contributed by atoms with van der Waals surface area (Å²) < 4.78 is 46.9. The third-order valence-electron chi connectivity index (χ3n) is 13.9. The van der Waals surface area contributed by atoms with Crippen molar-refractivity contribution in [2.75, 3.05) is 75.7 Å². The molecule has 0 aromatic heterocycles. The Labute approximate surface area is 566 Å². The first-order chi connectivity index (χ1) is 46.0. The number of aliphatic hydroxyl groups excluding tert-OH is 2. The van der Waals surface area contributed by atoms with Crippen molar-refractivity contribution in [3.05, 3.63) is 266 Å². The van der Waals surface area contributed by atoms with E-state index in [1.807, 2.05) is 218 Å². The van der Waals surface area contributed by atoms with Gasteiger partial charge in [-0.1, -0.05) is 134 Å². The van der Waals surface area contributed by atoms with Crippen LogP contribution in [0.2, 0.25) is 0 Å². The van der Waals surface area contributed by atoms with Gasteiger partial charge in [-0.2, -0.15) is 0 Å². The second kappa shape index (κ2) is 39.7. The second-order valence-electron chi connectivity index (χ2n) is 20.9. The number of benzene rings is 8. The van der Waals surface area contributed by atoms with Crippen molar-refractivity contribution < 1.29 is 67.3 Å². The molecule has 4 unspecified atom stereocenters. The Bertz CT molecular complexity index is 3310. The summed E-state index contributed by atoms with van der Waals surface area (Å²) >= 11 is 6.15. The van der Waals surface area contributed by atoms with Crippen LogP contribution < -0.4 is 29.6 Å². The van der Waals surface area contributed by atoms with Gasteiger partial charge in [0.1, 0.15) is 74.8 Å². The highest BCUT2D eigenvalue weighted by molar-refractivity contribution is 8.00. The highest BCUT2D eigenvalue weighted by Crippen LogP contribution is 2.45. The molecule has 0 aliphatic rings. The molecule has 0 aliphatic heterocycles. The molecule has 20 heteroatoms. The molecule has 16 nitrogen and oxygen atoms in total. The number of esters is 2. The van der Waals surface area contributed by atoms with Crippen LogP contribution in [0, 0.1) is 0 Å². The van der Waals surface area contributed by atoms with Gasteiger partial charge in [0.15, 0.2) is 0 Å². The molecule has 2 amide bonds. The molecule has 0 aliphatic carbocycles. The first-order valence-electron chi connectivity index (χ1n) is 30.4. The van der Waals surface area contributed by atoms with Gasteiger partial charge < -0.3 is 58.7 Å². The molecule has 0 saturated heterocycles. The Morgan fingerprint density at radius 3 is 0.915 bits per heavy atom. The number of alkyl carbamates (subject to hydrolysis) is 2. The maximum Gasteiger partial charge on any atom is 0.407 e. The zero-order chi connectivity index (χ0) is 66.0. The second-order valence-corrected chi connectivity index (χ2v) is 25.3. The number of aliphatic hydroxyl groups is 2. The van der Waals surface area contributed by atoms with Gasteiger partial charge in [0.25, 0.3) is 0 Å². The molecule has 8 aromatic rings. The zero-order valence-electron chi connectivity index (χ0n) is 51.7. The number of rotatable bonds is 39. The third kappa shape index (κ3) is 25.3. The fraction of sp³-hybridized carbons (Fsp3) is 0.243. The average Bonchev–Trinajstić information content (AvgIpc) is 0.787. The summed E-state index contributed by atoms with van der Waals surface area (Å²) in [5, 5.41) is 27.2. The molecule has 4 atom stereocenters. The Morgan fingerprint density at radius 1 is 0.372 bits per heavy atom. The van der Waals surface area contributed by atoms with E-state index in [4.69, 9.17) is 37.9 Å². The lowest BCUT2D eigenvalue weighted by atomic mass is 9.73. The van der Waals surface area contributed by atoms with Gasteiger partial charge in [0, 0.05) is 66.6 Å². The van der Waals surface area contributed by atoms with Gasteiger partial charge in [-0.3, -0.25) is 0 Å². The summed E-state index contributed by atoms with van der Waals surface area (Å²) in [6.45, 7) is 7.00. The van der Waals surface area contributed by atoms with Crippen molar-refractivity contribution in [1.29, 1.82) is 0 Å². The van der Waals surface area contributed by atoms with Gasteiger partial charge >= 0.3 is 24.1 Å². The summed E-state index contributed by atoms with van der Waals surface area (Å²) in [7, 11) is 0. The number of carbonyl (C=O) groups is 4. The van der Waals surface area contributed by atoms with Gasteiger partial charge in [-0.25, -0.2) is 19.2 Å². The maximum absolute atomic E-state index is 13.1. The van der Waals surface area contributed by atoms with Crippen LogP contribution in [-0.2, 0) is 28.5 Å². The SMILES string of the molecule is C=CC(=O)OCCNC(=O)OC(COc1ccc(C(c2ccc(OCC(CSc3ccccc3)OC(=O)NCCOC(=O)C=C)cc2)C(c2ccc(OCC(O)CSc3ccccc3)cc2)c2ccc(OCC(O)CSc3ccccc3)cc2)cc1)CSc1ccccc1. The van der Waals surface area contributed by atoms with E-state index >= 15 is 0 Å². The zero-order valence-corrected chi connectivity index (χ0v) is 55.0. The quantitative estimate of drug-likeness (QED) is 0.00929. The molecular formula is C74H76N2O14S4. The lowest BCUT2D eigenvalue weighted by Gasteiger charge is -2.30. The minimum Gasteiger partial charge on any atom is -0.491 e. The number of nitrogens with one attached hydrogen (secondary N) is 2. The average molecular weight is 1350 g/mol. The molecule has 0 saturated carbocycles. The lowest BCUT2D eigenvalue weighted by molar-refractivity contribution is -0.138. The molecular weight excluding hydrogens is 1270 g/mol. The number of ether oxygens (including phenoxy) is 8. The van der Waals surface area contributed by atoms with Crippen LogP contribution in [0.3, 0.4) is 0 Å². The number of hydrogen-bond acceptors (Lipinski definition) is 18. The molecule has 0 fully saturated rings. The summed E-state index contributed by atoms with van der Waals surface area (Å²) in [6.07, 6.45) is -2.10. The van der Waals surface area contributed by atoms with Crippen molar-refractivity contribution >= 4 is 71.2 Å². The first-order valence-corrected chi connectivity index (χ1v) is 34.4. The van der Waals surface area contributed by atoms with Crippen LogP contribution in [0.5, 0.6) is 23.0 Å². The monoisotopic (exact) mass is 1340 g/mol. The topological polar surface area (TPSA) is 207 Å². The normalized spacial score (nSPS) is 12.8. The van der Waals surface area contributed by atoms with Crippen molar-refractivity contribution in [3.8, 4) is 23.0 Å². The molecule has 94 heavy (non-hydrogen) atoms. The fourth-order valence-electron chi connectivity index (χ4n) is 9.28. The Hall–Kier alpha value is -8.76. The Kier molecular flexibility index (Phi) is 30.0. The number of carbonyl (C=O) groups excluding carboxylic acids is 4. The van der Waals surface area contributed by atoms with E-state index in [2.05, 4.69) is 23.8 Å². The molecule has 8 rings (SSSR count). The van der Waals surface area contributed by atoms with E-state index in [-0.39, 0.29) is 64.6 Å². The highest BCUT2D eigenvalue weighted by Gasteiger charge is 2.30. The van der Waals surface area contributed by atoms with E-state index in [1.165, 1.54) is 23.5 Å². The van der Waals surface area contributed by atoms with E-state index < -0.39 is 48.5 Å². The van der Waals surface area contributed by atoms with Crippen LogP contribution in [0.15, 0.2) is 263 Å². The molecule has 4 N–H and O–H groups in total. The van der Waals surface area contributed by atoms with Crippen molar-refractivity contribution in [2.45, 2.75) is 55.8 Å². The summed E-state index contributed by atoms with van der Waals surface area (Å²) in [6, 6.07) is 70.7. The molecule has 0 radical (unpaired) electrons.